The average molecular weight is 983 g/mol. The second-order valence-corrected chi connectivity index (χ2v) is 14.0. The number of rotatable bonds is 32. The number of alkyl halides is 6. The third kappa shape index (κ3) is 20.1. The van der Waals surface area contributed by atoms with E-state index in [0.29, 0.717) is 0 Å². The van der Waals surface area contributed by atoms with Crippen LogP contribution < -0.4 is 14.2 Å². The van der Waals surface area contributed by atoms with Crippen molar-refractivity contribution in [1.82, 2.24) is 19.6 Å². The van der Waals surface area contributed by atoms with Crippen LogP contribution in [0.4, 0.5) is 26.3 Å². The second-order valence-electron chi connectivity index (χ2n) is 14.0. The van der Waals surface area contributed by atoms with Gasteiger partial charge in [0.2, 0.25) is 17.7 Å². The lowest BCUT2D eigenvalue weighted by Gasteiger charge is -2.32. The molecule has 1 aromatic carbocycles. The number of nitrogens with zero attached hydrogens (tertiary/aromatic N) is 4. The van der Waals surface area contributed by atoms with Crippen LogP contribution in [0.15, 0.2) is 119 Å². The van der Waals surface area contributed by atoms with Gasteiger partial charge in [-0.3, -0.25) is 33.6 Å². The molecule has 1 rings (SSSR count). The van der Waals surface area contributed by atoms with Crippen molar-refractivity contribution in [2.75, 3.05) is 52.4 Å². The molecule has 378 valence electrons. The molecule has 0 radical (unpaired) electrons. The molecule has 0 saturated carbocycles. The molecule has 16 nitrogen and oxygen atoms in total. The van der Waals surface area contributed by atoms with Crippen LogP contribution in [0.1, 0.15) is 38.5 Å². The first-order valence-corrected chi connectivity index (χ1v) is 20.5. The van der Waals surface area contributed by atoms with E-state index in [-0.39, 0.29) is 118 Å². The van der Waals surface area contributed by atoms with Crippen molar-refractivity contribution >= 4 is 47.5 Å². The summed E-state index contributed by atoms with van der Waals surface area (Å²) in [5.41, 5.74) is 0. The lowest BCUT2D eigenvalue weighted by molar-refractivity contribution is -0.295. The molecule has 0 atom stereocenters. The zero-order valence-electron chi connectivity index (χ0n) is 37.9. The van der Waals surface area contributed by atoms with Crippen molar-refractivity contribution < 1.29 is 84.0 Å². The van der Waals surface area contributed by atoms with E-state index >= 15 is 0 Å². The van der Waals surface area contributed by atoms with Crippen LogP contribution in [0, 0.1) is 0 Å². The van der Waals surface area contributed by atoms with Crippen molar-refractivity contribution in [2.24, 2.45) is 0 Å². The van der Waals surface area contributed by atoms with E-state index < -0.39 is 60.6 Å². The van der Waals surface area contributed by atoms with Gasteiger partial charge in [-0.15, -0.1) is 52.6 Å². The second kappa shape index (κ2) is 30.7. The van der Waals surface area contributed by atoms with E-state index in [1.54, 1.807) is 36.5 Å². The number of carbonyl (C=O) groups excluding carboxylic acids is 7. The molecule has 69 heavy (non-hydrogen) atoms. The van der Waals surface area contributed by atoms with Gasteiger partial charge in [-0.2, -0.15) is 26.3 Å². The maximum Gasteiger partial charge on any atom is 0.411 e. The Balaban J connectivity index is 0.00000184. The first kappa shape index (κ1) is 61.5. The highest BCUT2D eigenvalue weighted by Crippen LogP contribution is 2.46. The van der Waals surface area contributed by atoms with Crippen LogP contribution in [0.2, 0.25) is 0 Å². The predicted octanol–water partition coefficient (Wildman–Crippen LogP) is 6.52. The third-order valence-corrected chi connectivity index (χ3v) is 8.64. The van der Waals surface area contributed by atoms with Crippen LogP contribution in [-0.2, 0) is 38.4 Å². The van der Waals surface area contributed by atoms with Gasteiger partial charge in [0.25, 0.3) is 5.91 Å². The molecule has 0 saturated heterocycles. The van der Waals surface area contributed by atoms with Gasteiger partial charge in [-0.1, -0.05) is 48.6 Å². The number of benzene rings is 1. The minimum atomic E-state index is -6.41. The molecule has 0 aliphatic carbocycles. The Morgan fingerprint density at radius 1 is 0.420 bits per heavy atom. The Labute approximate surface area is 395 Å². The van der Waals surface area contributed by atoms with Crippen LogP contribution in [0.5, 0.6) is 17.2 Å². The number of esters is 3. The third-order valence-electron chi connectivity index (χ3n) is 8.64. The highest BCUT2D eigenvalue weighted by Gasteiger charge is 2.78. The largest absolute Gasteiger partial charge is 0.477 e. The van der Waals surface area contributed by atoms with E-state index in [1.807, 2.05) is 0 Å². The van der Waals surface area contributed by atoms with Crippen LogP contribution in [0.25, 0.3) is 0 Å². The summed E-state index contributed by atoms with van der Waals surface area (Å²) >= 11 is 0. The molecule has 0 aliphatic rings. The molecule has 1 N–H and O–H groups in total. The number of hydrogen-bond donors (Lipinski definition) is 1. The number of ether oxygens (including phenoxy) is 3. The minimum absolute atomic E-state index is 0.0752. The summed E-state index contributed by atoms with van der Waals surface area (Å²) < 4.78 is 94.8. The number of amides is 4. The monoisotopic (exact) mass is 982 g/mol. The zero-order valence-corrected chi connectivity index (χ0v) is 37.9. The summed E-state index contributed by atoms with van der Waals surface area (Å²) in [4.78, 5) is 101. The molecular weight excluding hydrogens is 927 g/mol. The molecule has 0 aliphatic heterocycles. The fraction of sp³-hybridized carbons (Fsp3) is 0.362. The first-order valence-electron chi connectivity index (χ1n) is 20.5. The van der Waals surface area contributed by atoms with Crippen molar-refractivity contribution in [3.8, 4) is 17.2 Å². The molecule has 0 unspecified atom stereocenters. The number of carboxylic acids is 1. The fourth-order valence-electron chi connectivity index (χ4n) is 5.36. The summed E-state index contributed by atoms with van der Waals surface area (Å²) in [5.74, 6) is -28.2. The van der Waals surface area contributed by atoms with Gasteiger partial charge in [0.15, 0.2) is 0 Å². The van der Waals surface area contributed by atoms with E-state index in [2.05, 4.69) is 52.6 Å². The SMILES string of the molecule is C=CCN(CC=C)C(=O)C(F)(F)C(F)(F)C(F)(F)C(=O)O.C=CCN(CC=C)C(=O)CCC(=O)Oc1cc(OC(=O)CCC(=O)N(CC=C)CC=C)cc(OC(=O)CCC(=O)N(CC=C)CC=C)c1. The summed E-state index contributed by atoms with van der Waals surface area (Å²) in [5, 5.41) is 7.95. The summed E-state index contributed by atoms with van der Waals surface area (Å²) in [6.07, 6.45) is 9.84. The van der Waals surface area contributed by atoms with Crippen molar-refractivity contribution in [2.45, 2.75) is 56.3 Å². The molecule has 22 heteroatoms. The molecule has 1 aromatic rings. The average Bonchev–Trinajstić information content (AvgIpc) is 3.28. The van der Waals surface area contributed by atoms with Gasteiger partial charge < -0.3 is 38.9 Å². The molecular formula is C47H56F6N4O12. The van der Waals surface area contributed by atoms with Crippen molar-refractivity contribution in [3.05, 3.63) is 119 Å². The zero-order chi connectivity index (χ0) is 53.0. The number of carbonyl (C=O) groups is 8. The number of halogens is 6. The van der Waals surface area contributed by atoms with Gasteiger partial charge in [0, 0.05) is 89.8 Å². The van der Waals surface area contributed by atoms with E-state index in [9.17, 15) is 64.7 Å². The normalized spacial score (nSPS) is 10.8. The molecule has 0 fully saturated rings. The lowest BCUT2D eigenvalue weighted by atomic mass is 10.0. The topological polar surface area (TPSA) is 197 Å². The van der Waals surface area contributed by atoms with Crippen molar-refractivity contribution in [1.29, 1.82) is 0 Å². The van der Waals surface area contributed by atoms with Gasteiger partial charge >= 0.3 is 41.6 Å². The standard InChI is InChI=1S/C36H45N3O9.C11H11F6NO3/c1-7-19-37(20-8-2)31(40)13-16-34(43)46-28-25-29(47-35(44)17-14-32(41)38(21-9-3)22-10-4)27-30(26-28)48-36(45)18-15-33(42)39(23-11-5)24-12-6;1-3-5-18(6-4-2)7(19)9(12,13)11(16,17)10(14,15)8(20)21/h7-12,25-27H,1-6,13-24H2;3-4H,1-2,5-6H2,(H,20,21). The number of hydrogen-bond acceptors (Lipinski definition) is 11. The molecule has 0 bridgehead atoms. The quantitative estimate of drug-likeness (QED) is 0.0356. The van der Waals surface area contributed by atoms with Gasteiger partial charge in [-0.05, 0) is 0 Å². The molecule has 4 amide bonds. The Bertz CT molecular complexity index is 1860. The van der Waals surface area contributed by atoms with Crippen molar-refractivity contribution in [3.63, 3.8) is 0 Å². The summed E-state index contributed by atoms with van der Waals surface area (Å²) in [6, 6.07) is 3.69. The Hall–Kier alpha value is -7.52. The van der Waals surface area contributed by atoms with Gasteiger partial charge in [0.1, 0.15) is 17.2 Å². The maximum atomic E-state index is 13.4. The summed E-state index contributed by atoms with van der Waals surface area (Å²) in [6.45, 7) is 28.2. The summed E-state index contributed by atoms with van der Waals surface area (Å²) in [7, 11) is 0. The van der Waals surface area contributed by atoms with Gasteiger partial charge in [-0.25, -0.2) is 4.79 Å². The smallest absolute Gasteiger partial charge is 0.411 e. The van der Waals surface area contributed by atoms with Gasteiger partial charge in [0.05, 0.1) is 19.3 Å². The fourth-order valence-corrected chi connectivity index (χ4v) is 5.36. The maximum absolute atomic E-state index is 13.4. The Morgan fingerprint density at radius 3 is 0.870 bits per heavy atom. The first-order chi connectivity index (χ1) is 32.4. The highest BCUT2D eigenvalue weighted by molar-refractivity contribution is 5.88. The number of aliphatic carboxylic acids is 1. The van der Waals surface area contributed by atoms with E-state index in [4.69, 9.17) is 19.3 Å². The Morgan fingerprint density at radius 2 is 0.652 bits per heavy atom. The highest BCUT2D eigenvalue weighted by atomic mass is 19.3. The molecule has 0 spiro atoms. The van der Waals surface area contributed by atoms with E-state index in [0.717, 1.165) is 12.2 Å². The lowest BCUT2D eigenvalue weighted by Crippen LogP contribution is -2.63. The van der Waals surface area contributed by atoms with Crippen LogP contribution in [-0.4, -0.2) is 142 Å². The number of carboxylic acid groups (broad SMARTS) is 1. The minimum Gasteiger partial charge on any atom is -0.477 e. The molecule has 0 aromatic heterocycles. The van der Waals surface area contributed by atoms with Crippen LogP contribution >= 0.6 is 0 Å². The molecule has 0 heterocycles. The predicted molar refractivity (Wildman–Crippen MR) is 241 cm³/mol. The van der Waals surface area contributed by atoms with Crippen LogP contribution in [0.3, 0.4) is 0 Å². The Kier molecular flexibility index (Phi) is 27.4. The van der Waals surface area contributed by atoms with E-state index in [1.165, 1.54) is 32.9 Å².